The number of hydrogen-bond acceptors (Lipinski definition) is 3. The Hall–Kier alpha value is -2.98. The van der Waals surface area contributed by atoms with Crippen molar-refractivity contribution in [3.05, 3.63) is 94.5 Å². The molecule has 3 aromatic carbocycles. The summed E-state index contributed by atoms with van der Waals surface area (Å²) in [6.45, 7) is 1.02. The number of carboxylic acids is 1. The van der Waals surface area contributed by atoms with E-state index in [0.717, 1.165) is 22.6 Å². The highest BCUT2D eigenvalue weighted by Gasteiger charge is 2.03. The second-order valence-electron chi connectivity index (χ2n) is 5.76. The summed E-state index contributed by atoms with van der Waals surface area (Å²) < 4.78 is 5.83. The molecule has 0 aromatic heterocycles. The van der Waals surface area contributed by atoms with Gasteiger partial charge in [-0.2, -0.15) is 0 Å². The molecule has 0 atom stereocenters. The Morgan fingerprint density at radius 1 is 1.00 bits per heavy atom. The van der Waals surface area contributed by atoms with Gasteiger partial charge in [0.05, 0.1) is 5.56 Å². The zero-order valence-corrected chi connectivity index (χ0v) is 14.7. The van der Waals surface area contributed by atoms with E-state index in [1.807, 2.05) is 48.5 Å². The molecule has 3 aromatic rings. The lowest BCUT2D eigenvalue weighted by molar-refractivity contribution is 0.0697. The van der Waals surface area contributed by atoms with Crippen molar-refractivity contribution < 1.29 is 14.6 Å². The molecular formula is C21H18ClNO3. The first-order valence-electron chi connectivity index (χ1n) is 8.14. The molecule has 0 aliphatic heterocycles. The van der Waals surface area contributed by atoms with Gasteiger partial charge in [0.1, 0.15) is 12.4 Å². The number of anilines is 1. The molecular weight excluding hydrogens is 350 g/mol. The fourth-order valence-electron chi connectivity index (χ4n) is 2.46. The molecule has 0 radical (unpaired) electrons. The number of halogens is 1. The lowest BCUT2D eigenvalue weighted by Gasteiger charge is -2.10. The number of benzene rings is 3. The molecule has 3 rings (SSSR count). The molecule has 0 heterocycles. The van der Waals surface area contributed by atoms with E-state index in [4.69, 9.17) is 21.4 Å². The van der Waals surface area contributed by atoms with Gasteiger partial charge in [-0.05, 0) is 48.0 Å². The second-order valence-corrected chi connectivity index (χ2v) is 6.17. The number of rotatable bonds is 7. The first-order chi connectivity index (χ1) is 12.6. The van der Waals surface area contributed by atoms with Crippen LogP contribution in [0.2, 0.25) is 5.02 Å². The largest absolute Gasteiger partial charge is 0.489 e. The van der Waals surface area contributed by atoms with E-state index >= 15 is 0 Å². The molecule has 0 saturated heterocycles. The molecule has 0 bridgehead atoms. The van der Waals surface area contributed by atoms with Gasteiger partial charge in [-0.1, -0.05) is 41.9 Å². The predicted octanol–water partition coefficient (Wildman–Crippen LogP) is 5.23. The fourth-order valence-corrected chi connectivity index (χ4v) is 2.65. The summed E-state index contributed by atoms with van der Waals surface area (Å²) in [6, 6.07) is 22.1. The SMILES string of the molecule is O=C(O)c1ccc(NCc2cccc(OCc3ccccc3Cl)c2)cc1. The Balaban J connectivity index is 1.58. The maximum absolute atomic E-state index is 10.9. The molecule has 4 nitrogen and oxygen atoms in total. The smallest absolute Gasteiger partial charge is 0.335 e. The Labute approximate surface area is 157 Å². The van der Waals surface area contributed by atoms with Gasteiger partial charge in [0.25, 0.3) is 0 Å². The minimum absolute atomic E-state index is 0.269. The van der Waals surface area contributed by atoms with Crippen LogP contribution in [0, 0.1) is 0 Å². The third-order valence-electron chi connectivity index (χ3n) is 3.88. The van der Waals surface area contributed by atoms with Crippen LogP contribution in [0.25, 0.3) is 0 Å². The van der Waals surface area contributed by atoms with E-state index in [1.165, 1.54) is 0 Å². The number of nitrogens with one attached hydrogen (secondary N) is 1. The van der Waals surface area contributed by atoms with E-state index in [0.29, 0.717) is 18.2 Å². The molecule has 2 N–H and O–H groups in total. The van der Waals surface area contributed by atoms with Crippen molar-refractivity contribution in [2.45, 2.75) is 13.2 Å². The molecule has 0 fully saturated rings. The van der Waals surface area contributed by atoms with Crippen LogP contribution < -0.4 is 10.1 Å². The maximum atomic E-state index is 10.9. The van der Waals surface area contributed by atoms with Crippen LogP contribution in [0.15, 0.2) is 72.8 Å². The van der Waals surface area contributed by atoms with Crippen molar-refractivity contribution in [3.8, 4) is 5.75 Å². The molecule has 0 amide bonds. The normalized spacial score (nSPS) is 10.3. The quantitative estimate of drug-likeness (QED) is 0.600. The van der Waals surface area contributed by atoms with Crippen molar-refractivity contribution in [3.63, 3.8) is 0 Å². The minimum Gasteiger partial charge on any atom is -0.489 e. The van der Waals surface area contributed by atoms with Crippen LogP contribution >= 0.6 is 11.6 Å². The summed E-state index contributed by atoms with van der Waals surface area (Å²) in [7, 11) is 0. The van der Waals surface area contributed by atoms with Crippen LogP contribution in [-0.4, -0.2) is 11.1 Å². The Bertz CT molecular complexity index is 894. The van der Waals surface area contributed by atoms with E-state index in [-0.39, 0.29) is 5.56 Å². The number of ether oxygens (including phenoxy) is 1. The van der Waals surface area contributed by atoms with Crippen molar-refractivity contribution in [2.24, 2.45) is 0 Å². The Morgan fingerprint density at radius 2 is 1.77 bits per heavy atom. The summed E-state index contributed by atoms with van der Waals surface area (Å²) in [6.07, 6.45) is 0. The van der Waals surface area contributed by atoms with Gasteiger partial charge in [-0.3, -0.25) is 0 Å². The lowest BCUT2D eigenvalue weighted by Crippen LogP contribution is -2.02. The number of hydrogen-bond donors (Lipinski definition) is 2. The summed E-state index contributed by atoms with van der Waals surface area (Å²) in [4.78, 5) is 10.9. The minimum atomic E-state index is -0.931. The van der Waals surface area contributed by atoms with Crippen LogP contribution in [0.5, 0.6) is 5.75 Å². The van der Waals surface area contributed by atoms with Gasteiger partial charge in [0.15, 0.2) is 0 Å². The van der Waals surface area contributed by atoms with Gasteiger partial charge >= 0.3 is 5.97 Å². The Morgan fingerprint density at radius 3 is 2.50 bits per heavy atom. The van der Waals surface area contributed by atoms with Crippen molar-refractivity contribution in [2.75, 3.05) is 5.32 Å². The molecule has 0 aliphatic carbocycles. The second kappa shape index (κ2) is 8.41. The standard InChI is InChI=1S/C21H18ClNO3/c22-20-7-2-1-5-17(20)14-26-19-6-3-4-15(12-19)13-23-18-10-8-16(9-11-18)21(24)25/h1-12,23H,13-14H2,(H,24,25). The highest BCUT2D eigenvalue weighted by molar-refractivity contribution is 6.31. The van der Waals surface area contributed by atoms with Crippen LogP contribution in [-0.2, 0) is 13.2 Å². The van der Waals surface area contributed by atoms with E-state index in [2.05, 4.69) is 5.32 Å². The summed E-state index contributed by atoms with van der Waals surface area (Å²) in [5.74, 6) is -0.162. The monoisotopic (exact) mass is 367 g/mol. The number of aromatic carboxylic acids is 1. The predicted molar refractivity (Wildman–Crippen MR) is 103 cm³/mol. The number of carboxylic acid groups (broad SMARTS) is 1. The Kier molecular flexibility index (Phi) is 5.77. The van der Waals surface area contributed by atoms with E-state index in [9.17, 15) is 4.79 Å². The zero-order chi connectivity index (χ0) is 18.4. The zero-order valence-electron chi connectivity index (χ0n) is 14.0. The molecule has 0 spiro atoms. The van der Waals surface area contributed by atoms with Crippen molar-refractivity contribution in [1.82, 2.24) is 0 Å². The first-order valence-corrected chi connectivity index (χ1v) is 8.52. The van der Waals surface area contributed by atoms with Crippen LogP contribution in [0.3, 0.4) is 0 Å². The topological polar surface area (TPSA) is 58.6 Å². The molecule has 0 aliphatic rings. The first kappa shape index (κ1) is 17.8. The fraction of sp³-hybridized carbons (Fsp3) is 0.0952. The molecule has 0 saturated carbocycles. The highest BCUT2D eigenvalue weighted by Crippen LogP contribution is 2.20. The van der Waals surface area contributed by atoms with Gasteiger partial charge < -0.3 is 15.2 Å². The van der Waals surface area contributed by atoms with E-state index in [1.54, 1.807) is 24.3 Å². The van der Waals surface area contributed by atoms with Gasteiger partial charge in [0, 0.05) is 22.8 Å². The van der Waals surface area contributed by atoms with Crippen molar-refractivity contribution in [1.29, 1.82) is 0 Å². The summed E-state index contributed by atoms with van der Waals surface area (Å²) in [5.41, 5.74) is 3.13. The number of carbonyl (C=O) groups is 1. The third kappa shape index (κ3) is 4.77. The average molecular weight is 368 g/mol. The third-order valence-corrected chi connectivity index (χ3v) is 4.25. The summed E-state index contributed by atoms with van der Waals surface area (Å²) in [5, 5.41) is 12.9. The van der Waals surface area contributed by atoms with Gasteiger partial charge in [0.2, 0.25) is 0 Å². The van der Waals surface area contributed by atoms with Gasteiger partial charge in [-0.25, -0.2) is 4.79 Å². The molecule has 5 heteroatoms. The highest BCUT2D eigenvalue weighted by atomic mass is 35.5. The van der Waals surface area contributed by atoms with Crippen LogP contribution in [0.4, 0.5) is 5.69 Å². The molecule has 26 heavy (non-hydrogen) atoms. The molecule has 0 unspecified atom stereocenters. The van der Waals surface area contributed by atoms with Crippen LogP contribution in [0.1, 0.15) is 21.5 Å². The summed E-state index contributed by atoms with van der Waals surface area (Å²) >= 11 is 6.14. The molecule has 132 valence electrons. The lowest BCUT2D eigenvalue weighted by atomic mass is 10.2. The van der Waals surface area contributed by atoms with Gasteiger partial charge in [-0.15, -0.1) is 0 Å². The van der Waals surface area contributed by atoms with E-state index < -0.39 is 5.97 Å². The maximum Gasteiger partial charge on any atom is 0.335 e. The van der Waals surface area contributed by atoms with Crippen molar-refractivity contribution >= 4 is 23.3 Å². The average Bonchev–Trinajstić information content (AvgIpc) is 2.66.